The van der Waals surface area contributed by atoms with Crippen LogP contribution in [0.25, 0.3) is 0 Å². The van der Waals surface area contributed by atoms with E-state index in [4.69, 9.17) is 11.6 Å². The van der Waals surface area contributed by atoms with Gasteiger partial charge < -0.3 is 21.3 Å². The molecule has 48 heavy (non-hydrogen) atoms. The number of carbonyl (C=O) groups excluding carboxylic acids is 3. The van der Waals surface area contributed by atoms with E-state index in [2.05, 4.69) is 21.3 Å². The molecular weight excluding hydrogens is 672 g/mol. The molecule has 4 rings (SSSR count). The molecule has 3 aromatic rings. The van der Waals surface area contributed by atoms with E-state index in [1.807, 2.05) is 36.7 Å². The molecule has 4 N–H and O–H groups in total. The Bertz CT molecular complexity index is 1680. The zero-order chi connectivity index (χ0) is 35.0. The Hall–Kier alpha value is -3.49. The van der Waals surface area contributed by atoms with Gasteiger partial charge in [0, 0.05) is 56.4 Å². The summed E-state index contributed by atoms with van der Waals surface area (Å²) in [6.07, 6.45) is 3.36. The largest absolute Gasteiger partial charge is 0.354 e. The number of hydrogen-bond acceptors (Lipinski definition) is 7. The Balaban J connectivity index is 1.59. The quantitative estimate of drug-likeness (QED) is 0.164. The highest BCUT2D eigenvalue weighted by Gasteiger charge is 2.27. The van der Waals surface area contributed by atoms with Crippen molar-refractivity contribution in [2.75, 3.05) is 38.5 Å². The first-order valence-electron chi connectivity index (χ1n) is 16.0. The number of nitrogens with zero attached hydrogens (tertiary/aromatic N) is 2. The molecule has 0 unspecified atom stereocenters. The summed E-state index contributed by atoms with van der Waals surface area (Å²) in [5, 5.41) is 16.8. The van der Waals surface area contributed by atoms with Gasteiger partial charge in [-0.25, -0.2) is 0 Å². The van der Waals surface area contributed by atoms with Crippen LogP contribution in [-0.2, 0) is 21.4 Å². The van der Waals surface area contributed by atoms with Gasteiger partial charge in [0.05, 0.1) is 17.8 Å². The summed E-state index contributed by atoms with van der Waals surface area (Å²) >= 11 is 7.70. The van der Waals surface area contributed by atoms with E-state index in [0.717, 1.165) is 32.6 Å². The average molecular weight is 717 g/mol. The Morgan fingerprint density at radius 1 is 1.00 bits per heavy atom. The molecule has 1 fully saturated rings. The van der Waals surface area contributed by atoms with Crippen molar-refractivity contribution >= 4 is 56.6 Å². The molecule has 0 spiro atoms. The minimum absolute atomic E-state index is 0.0643. The molecule has 0 saturated heterocycles. The molecule has 1 heterocycles. The van der Waals surface area contributed by atoms with Crippen molar-refractivity contribution < 1.29 is 22.8 Å². The molecule has 260 valence electrons. The standard InChI is InChI=1S/C34H45ClN6O5S2/c1-6-31(34(44)37-19-23-10-11-23)36-20-29(14-24-12-13-47-21-24)39-33(43)27-15-26(17-30(18-27)41(5)48(45,46)40(3)4)32(42)38-22(2)25-8-7-9-28(35)16-25/h7-9,12-13,15-18,21-23,29,31,36H,6,10-11,14,19-20H2,1-5H3,(H,37,44)(H,38,42)(H,39,43)/t22-,29+,31+/m1/s1. The Labute approximate surface area is 292 Å². The number of amides is 3. The van der Waals surface area contributed by atoms with Crippen LogP contribution in [0.15, 0.2) is 59.3 Å². The lowest BCUT2D eigenvalue weighted by atomic mass is 10.0. The van der Waals surface area contributed by atoms with Crippen molar-refractivity contribution in [3.05, 3.63) is 86.6 Å². The van der Waals surface area contributed by atoms with Gasteiger partial charge in [0.1, 0.15) is 0 Å². The molecule has 0 aliphatic heterocycles. The molecule has 1 aliphatic carbocycles. The zero-order valence-corrected chi connectivity index (χ0v) is 30.3. The smallest absolute Gasteiger partial charge is 0.303 e. The summed E-state index contributed by atoms with van der Waals surface area (Å²) in [4.78, 5) is 40.3. The van der Waals surface area contributed by atoms with Gasteiger partial charge >= 0.3 is 10.2 Å². The lowest BCUT2D eigenvalue weighted by Crippen LogP contribution is -2.50. The average Bonchev–Trinajstić information content (AvgIpc) is 3.75. The number of hydrogen-bond donors (Lipinski definition) is 4. The second-order valence-corrected chi connectivity index (χ2v) is 15.7. The fourth-order valence-electron chi connectivity index (χ4n) is 5.11. The number of benzene rings is 2. The van der Waals surface area contributed by atoms with Gasteiger partial charge in [-0.05, 0) is 96.8 Å². The molecule has 1 saturated carbocycles. The van der Waals surface area contributed by atoms with Gasteiger partial charge in [-0.15, -0.1) is 0 Å². The number of thiophene rings is 1. The topological polar surface area (TPSA) is 140 Å². The highest BCUT2D eigenvalue weighted by Crippen LogP contribution is 2.27. The van der Waals surface area contributed by atoms with E-state index in [-0.39, 0.29) is 22.7 Å². The highest BCUT2D eigenvalue weighted by atomic mass is 35.5. The normalized spacial score (nSPS) is 15.0. The van der Waals surface area contributed by atoms with Crippen LogP contribution in [0.5, 0.6) is 0 Å². The first-order chi connectivity index (χ1) is 22.8. The molecule has 1 aliphatic rings. The third-order valence-electron chi connectivity index (χ3n) is 8.30. The van der Waals surface area contributed by atoms with Crippen molar-refractivity contribution in [1.29, 1.82) is 0 Å². The molecule has 3 atom stereocenters. The summed E-state index contributed by atoms with van der Waals surface area (Å²) in [5.74, 6) is -0.483. The van der Waals surface area contributed by atoms with E-state index in [0.29, 0.717) is 36.9 Å². The molecule has 1 aromatic heterocycles. The van der Waals surface area contributed by atoms with Gasteiger partial charge in [-0.3, -0.25) is 18.7 Å². The Morgan fingerprint density at radius 3 is 2.27 bits per heavy atom. The molecule has 0 radical (unpaired) electrons. The van der Waals surface area contributed by atoms with E-state index >= 15 is 0 Å². The SMILES string of the molecule is CC[C@H](NC[C@H](Cc1ccsc1)NC(=O)c1cc(C(=O)N[C@H](C)c2cccc(Cl)c2)cc(N(C)S(=O)(=O)N(C)C)c1)C(=O)NCC1CC1. The lowest BCUT2D eigenvalue weighted by Gasteiger charge is -2.25. The van der Waals surface area contributed by atoms with Gasteiger partial charge in [-0.2, -0.15) is 24.1 Å². The molecule has 3 amide bonds. The van der Waals surface area contributed by atoms with Crippen LogP contribution in [0.3, 0.4) is 0 Å². The summed E-state index contributed by atoms with van der Waals surface area (Å²) < 4.78 is 28.2. The second-order valence-electron chi connectivity index (χ2n) is 12.3. The van der Waals surface area contributed by atoms with Gasteiger partial charge in [0.2, 0.25) is 5.91 Å². The minimum Gasteiger partial charge on any atom is -0.354 e. The monoisotopic (exact) mass is 716 g/mol. The lowest BCUT2D eigenvalue weighted by molar-refractivity contribution is -0.123. The fourth-order valence-corrected chi connectivity index (χ4v) is 6.85. The summed E-state index contributed by atoms with van der Waals surface area (Å²) in [6, 6.07) is 12.2. The van der Waals surface area contributed by atoms with Crippen molar-refractivity contribution in [3.63, 3.8) is 0 Å². The van der Waals surface area contributed by atoms with Crippen LogP contribution in [0, 0.1) is 5.92 Å². The predicted molar refractivity (Wildman–Crippen MR) is 192 cm³/mol. The van der Waals surface area contributed by atoms with E-state index in [1.165, 1.54) is 39.3 Å². The maximum Gasteiger partial charge on any atom is 0.303 e. The minimum atomic E-state index is -3.94. The highest BCUT2D eigenvalue weighted by molar-refractivity contribution is 7.90. The predicted octanol–water partition coefficient (Wildman–Crippen LogP) is 4.37. The van der Waals surface area contributed by atoms with Crippen LogP contribution < -0.4 is 25.6 Å². The third-order valence-corrected chi connectivity index (χ3v) is 11.1. The van der Waals surface area contributed by atoms with Gasteiger partial charge in [0.15, 0.2) is 0 Å². The molecule has 14 heteroatoms. The van der Waals surface area contributed by atoms with E-state index < -0.39 is 40.1 Å². The van der Waals surface area contributed by atoms with Crippen LogP contribution in [-0.4, -0.2) is 76.8 Å². The van der Waals surface area contributed by atoms with E-state index in [9.17, 15) is 22.8 Å². The van der Waals surface area contributed by atoms with Crippen LogP contribution in [0.4, 0.5) is 5.69 Å². The zero-order valence-electron chi connectivity index (χ0n) is 28.0. The Kier molecular flexibility index (Phi) is 13.0. The van der Waals surface area contributed by atoms with Crippen molar-refractivity contribution in [2.24, 2.45) is 5.92 Å². The number of halogens is 1. The number of carbonyl (C=O) groups is 3. The third kappa shape index (κ3) is 10.3. The molecule has 0 bridgehead atoms. The number of nitrogens with one attached hydrogen (secondary N) is 4. The summed E-state index contributed by atoms with van der Waals surface area (Å²) in [5.41, 5.74) is 2.17. The van der Waals surface area contributed by atoms with Crippen molar-refractivity contribution in [1.82, 2.24) is 25.6 Å². The van der Waals surface area contributed by atoms with Gasteiger partial charge in [-0.1, -0.05) is 30.7 Å². The maximum atomic E-state index is 13.9. The number of anilines is 1. The van der Waals surface area contributed by atoms with Crippen molar-refractivity contribution in [2.45, 2.75) is 57.7 Å². The molecular formula is C34H45ClN6O5S2. The first kappa shape index (κ1) is 37.3. The summed E-state index contributed by atoms with van der Waals surface area (Å²) in [7, 11) is 0.236. The summed E-state index contributed by atoms with van der Waals surface area (Å²) in [6.45, 7) is 4.73. The molecule has 11 nitrogen and oxygen atoms in total. The van der Waals surface area contributed by atoms with Crippen molar-refractivity contribution in [3.8, 4) is 0 Å². The van der Waals surface area contributed by atoms with Crippen LogP contribution in [0.2, 0.25) is 5.02 Å². The first-order valence-corrected chi connectivity index (χ1v) is 18.7. The number of rotatable bonds is 17. The van der Waals surface area contributed by atoms with Crippen LogP contribution >= 0.6 is 22.9 Å². The fraction of sp³-hybridized carbons (Fsp3) is 0.441. The van der Waals surface area contributed by atoms with E-state index in [1.54, 1.807) is 29.5 Å². The maximum absolute atomic E-state index is 13.9. The van der Waals surface area contributed by atoms with Gasteiger partial charge in [0.25, 0.3) is 11.8 Å². The Morgan fingerprint density at radius 2 is 1.69 bits per heavy atom. The van der Waals surface area contributed by atoms with Crippen LogP contribution in [0.1, 0.15) is 71.0 Å². The molecule has 2 aromatic carbocycles. The second kappa shape index (κ2) is 16.8.